The van der Waals surface area contributed by atoms with E-state index in [9.17, 15) is 19.5 Å². The lowest BCUT2D eigenvalue weighted by atomic mass is 9.78. The first-order valence-electron chi connectivity index (χ1n) is 12.2. The number of aliphatic carboxylic acids is 1. The van der Waals surface area contributed by atoms with Gasteiger partial charge in [-0.2, -0.15) is 10.0 Å². The maximum absolute atomic E-state index is 13.3. The molecule has 3 aromatic carbocycles. The predicted molar refractivity (Wildman–Crippen MR) is 136 cm³/mol. The third-order valence-corrected chi connectivity index (χ3v) is 6.97. The summed E-state index contributed by atoms with van der Waals surface area (Å²) in [7, 11) is 0. The number of nitrogens with one attached hydrogen (secondary N) is 1. The summed E-state index contributed by atoms with van der Waals surface area (Å²) < 4.78 is 0.221. The third-order valence-electron chi connectivity index (χ3n) is 6.97. The van der Waals surface area contributed by atoms with E-state index in [1.54, 1.807) is 12.1 Å². The van der Waals surface area contributed by atoms with Crippen LogP contribution in [0.15, 0.2) is 78.9 Å². The number of fused-ring (bicyclic) bond motifs is 1. The number of benzene rings is 3. The lowest BCUT2D eigenvalue weighted by molar-refractivity contribution is -0.131. The second kappa shape index (κ2) is 10.7. The molecule has 180 valence electrons. The van der Waals surface area contributed by atoms with Crippen LogP contribution in [0.4, 0.5) is 11.4 Å². The molecule has 35 heavy (non-hydrogen) atoms. The Hall–Kier alpha value is -3.77. The molecule has 0 spiro atoms. The van der Waals surface area contributed by atoms with Crippen LogP contribution in [0.1, 0.15) is 60.0 Å². The molecule has 1 atom stereocenters. The number of nitrogens with zero attached hydrogens (tertiary/aromatic N) is 1. The molecular weight excluding hydrogens is 440 g/mol. The van der Waals surface area contributed by atoms with Gasteiger partial charge >= 0.3 is 5.97 Å². The highest BCUT2D eigenvalue weighted by atomic mass is 16.4. The van der Waals surface area contributed by atoms with E-state index in [0.29, 0.717) is 25.8 Å². The highest BCUT2D eigenvalue weighted by Gasteiger charge is 2.35. The van der Waals surface area contributed by atoms with Gasteiger partial charge in [-0.1, -0.05) is 54.6 Å². The van der Waals surface area contributed by atoms with Crippen LogP contribution >= 0.6 is 0 Å². The van der Waals surface area contributed by atoms with Gasteiger partial charge in [0, 0.05) is 36.2 Å². The number of carboxylic acids is 1. The van der Waals surface area contributed by atoms with E-state index < -0.39 is 11.8 Å². The van der Waals surface area contributed by atoms with Crippen molar-refractivity contribution in [1.29, 1.82) is 0 Å². The Morgan fingerprint density at radius 3 is 2.11 bits per heavy atom. The van der Waals surface area contributed by atoms with Crippen molar-refractivity contribution in [2.24, 2.45) is 0 Å². The standard InChI is InChI=1S/C29H30N2O4/c1-2-31(22-12-5-3-6-13-22,23-14-7-4-8-15-23)30-27(32)20-19-21-11-9-17-25-24(21)16-10-18-26(25)28(33)29(34)35/h3-8,10,12-16,18,21H,2,9,11,17,19-20H2,1H3,(H-,30,32,34,35)/p+1. The summed E-state index contributed by atoms with van der Waals surface area (Å²) in [5.74, 6) is -2.24. The summed E-state index contributed by atoms with van der Waals surface area (Å²) >= 11 is 0. The number of ketones is 1. The fourth-order valence-corrected chi connectivity index (χ4v) is 5.24. The number of quaternary nitrogens is 1. The van der Waals surface area contributed by atoms with E-state index in [1.807, 2.05) is 66.7 Å². The second-order valence-electron chi connectivity index (χ2n) is 8.97. The summed E-state index contributed by atoms with van der Waals surface area (Å²) in [6, 6.07) is 25.2. The maximum Gasteiger partial charge on any atom is 0.377 e. The fraction of sp³-hybridized carbons (Fsp3) is 0.276. The molecule has 1 aliphatic carbocycles. The summed E-state index contributed by atoms with van der Waals surface area (Å²) in [4.78, 5) is 36.8. The van der Waals surface area contributed by atoms with Crippen molar-refractivity contribution in [3.05, 3.63) is 95.6 Å². The van der Waals surface area contributed by atoms with Crippen LogP contribution in [0, 0.1) is 0 Å². The van der Waals surface area contributed by atoms with Gasteiger partial charge in [0.1, 0.15) is 6.54 Å². The summed E-state index contributed by atoms with van der Waals surface area (Å²) in [5.41, 5.74) is 7.35. The molecule has 0 saturated heterocycles. The molecule has 0 bridgehead atoms. The Bertz CT molecular complexity index is 1170. The average Bonchev–Trinajstić information content (AvgIpc) is 2.90. The topological polar surface area (TPSA) is 83.5 Å². The molecule has 1 aliphatic rings. The van der Waals surface area contributed by atoms with E-state index in [4.69, 9.17) is 0 Å². The van der Waals surface area contributed by atoms with E-state index in [1.165, 1.54) is 0 Å². The van der Waals surface area contributed by atoms with Crippen LogP contribution in [-0.4, -0.2) is 29.3 Å². The largest absolute Gasteiger partial charge is 0.475 e. The molecule has 6 nitrogen and oxygen atoms in total. The molecule has 2 N–H and O–H groups in total. The van der Waals surface area contributed by atoms with Gasteiger partial charge in [0.2, 0.25) is 0 Å². The summed E-state index contributed by atoms with van der Waals surface area (Å²) in [5, 5.41) is 9.19. The minimum Gasteiger partial charge on any atom is -0.475 e. The summed E-state index contributed by atoms with van der Waals surface area (Å²) in [6.45, 7) is 2.70. The van der Waals surface area contributed by atoms with Gasteiger partial charge in [-0.25, -0.2) is 4.79 Å². The Kier molecular flexibility index (Phi) is 7.42. The number of hydrogen-bond donors (Lipinski definition) is 2. The number of carbonyl (C=O) groups is 3. The summed E-state index contributed by atoms with van der Waals surface area (Å²) in [6.07, 6.45) is 3.44. The fourth-order valence-electron chi connectivity index (χ4n) is 5.24. The zero-order chi connectivity index (χ0) is 24.8. The molecule has 1 unspecified atom stereocenters. The predicted octanol–water partition coefficient (Wildman–Crippen LogP) is 5.54. The van der Waals surface area contributed by atoms with Gasteiger partial charge in [-0.3, -0.25) is 9.59 Å². The van der Waals surface area contributed by atoms with Gasteiger partial charge < -0.3 is 5.11 Å². The Balaban J connectivity index is 1.55. The van der Waals surface area contributed by atoms with E-state index in [2.05, 4.69) is 12.3 Å². The van der Waals surface area contributed by atoms with Crippen LogP contribution < -0.4 is 10.0 Å². The smallest absolute Gasteiger partial charge is 0.377 e. The quantitative estimate of drug-likeness (QED) is 0.186. The Morgan fingerprint density at radius 1 is 0.914 bits per heavy atom. The van der Waals surface area contributed by atoms with Crippen molar-refractivity contribution in [3.63, 3.8) is 0 Å². The highest BCUT2D eigenvalue weighted by molar-refractivity contribution is 6.40. The molecular formula is C29H31N2O4+. The molecule has 3 aromatic rings. The number of para-hydroxylation sites is 2. The van der Waals surface area contributed by atoms with Crippen molar-refractivity contribution in [2.45, 2.75) is 44.9 Å². The third kappa shape index (κ3) is 5.03. The second-order valence-corrected chi connectivity index (χ2v) is 8.97. The number of carboxylic acid groups (broad SMARTS) is 1. The van der Waals surface area contributed by atoms with Crippen LogP contribution in [0.2, 0.25) is 0 Å². The van der Waals surface area contributed by atoms with Crippen molar-refractivity contribution >= 4 is 29.0 Å². The highest BCUT2D eigenvalue weighted by Crippen LogP contribution is 2.37. The minimum atomic E-state index is -1.43. The SMILES string of the molecule is CC[N+](NC(=O)CCC1CCCc2c(C(=O)C(=O)O)cccc21)(c1ccccc1)c1ccccc1. The number of rotatable bonds is 9. The zero-order valence-electron chi connectivity index (χ0n) is 19.9. The molecule has 0 aromatic heterocycles. The first kappa shape index (κ1) is 24.4. The van der Waals surface area contributed by atoms with Crippen LogP contribution in [0.25, 0.3) is 0 Å². The number of Topliss-reactive ketones (excluding diaryl/α,β-unsaturated/α-hetero) is 1. The Labute approximate surface area is 205 Å². The van der Waals surface area contributed by atoms with Gasteiger partial charge in [0.25, 0.3) is 11.7 Å². The molecule has 0 radical (unpaired) electrons. The number of hydrogen-bond acceptors (Lipinski definition) is 3. The average molecular weight is 472 g/mol. The lowest BCUT2D eigenvalue weighted by Crippen LogP contribution is -2.57. The molecule has 1 amide bonds. The molecule has 0 saturated carbocycles. The first-order valence-corrected chi connectivity index (χ1v) is 12.2. The van der Waals surface area contributed by atoms with Crippen molar-refractivity contribution < 1.29 is 19.5 Å². The number of amides is 1. The molecule has 0 aliphatic heterocycles. The molecule has 0 heterocycles. The minimum absolute atomic E-state index is 0.0514. The molecule has 0 fully saturated rings. The Morgan fingerprint density at radius 2 is 1.54 bits per heavy atom. The van der Waals surface area contributed by atoms with Gasteiger partial charge in [0.15, 0.2) is 11.4 Å². The maximum atomic E-state index is 13.3. The van der Waals surface area contributed by atoms with Gasteiger partial charge in [-0.15, -0.1) is 0 Å². The normalized spacial score (nSPS) is 15.2. The molecule has 4 rings (SSSR count). The van der Waals surface area contributed by atoms with Gasteiger partial charge in [-0.05, 0) is 49.7 Å². The van der Waals surface area contributed by atoms with E-state index in [0.717, 1.165) is 35.3 Å². The van der Waals surface area contributed by atoms with Crippen LogP contribution in [-0.2, 0) is 16.0 Å². The van der Waals surface area contributed by atoms with Crippen molar-refractivity contribution in [1.82, 2.24) is 10.0 Å². The van der Waals surface area contributed by atoms with Gasteiger partial charge in [0.05, 0.1) is 0 Å². The molecule has 6 heteroatoms. The lowest BCUT2D eigenvalue weighted by Gasteiger charge is -2.36. The van der Waals surface area contributed by atoms with E-state index >= 15 is 0 Å². The van der Waals surface area contributed by atoms with Crippen LogP contribution in [0.3, 0.4) is 0 Å². The zero-order valence-corrected chi connectivity index (χ0v) is 19.9. The monoisotopic (exact) mass is 471 g/mol. The van der Waals surface area contributed by atoms with Crippen molar-refractivity contribution in [2.75, 3.05) is 6.54 Å². The van der Waals surface area contributed by atoms with Crippen LogP contribution in [0.5, 0.6) is 0 Å². The number of carbonyl (C=O) groups excluding carboxylic acids is 2. The van der Waals surface area contributed by atoms with E-state index in [-0.39, 0.29) is 22.0 Å². The first-order chi connectivity index (χ1) is 17.0. The van der Waals surface area contributed by atoms with Crippen molar-refractivity contribution in [3.8, 4) is 0 Å².